The van der Waals surface area contributed by atoms with Gasteiger partial charge in [-0.05, 0) is 55.2 Å². The van der Waals surface area contributed by atoms with Crippen LogP contribution >= 0.6 is 11.8 Å². The van der Waals surface area contributed by atoms with Crippen LogP contribution in [-0.4, -0.2) is 71.8 Å². The minimum Gasteiger partial charge on any atom is -0.354 e. The number of benzene rings is 1. The van der Waals surface area contributed by atoms with Crippen LogP contribution in [0.2, 0.25) is 0 Å². The first-order valence-electron chi connectivity index (χ1n) is 11.5. The molecule has 1 aromatic carbocycles. The predicted molar refractivity (Wildman–Crippen MR) is 129 cm³/mol. The van der Waals surface area contributed by atoms with Gasteiger partial charge in [0.15, 0.2) is 0 Å². The van der Waals surface area contributed by atoms with Crippen LogP contribution in [-0.2, 0) is 0 Å². The van der Waals surface area contributed by atoms with Crippen molar-refractivity contribution in [3.63, 3.8) is 0 Å². The van der Waals surface area contributed by atoms with Crippen LogP contribution in [0, 0.1) is 5.92 Å². The highest BCUT2D eigenvalue weighted by molar-refractivity contribution is 7.99. The number of piperazine rings is 1. The number of nitrogens with zero attached hydrogens (tertiary/aromatic N) is 4. The second-order valence-electron chi connectivity index (χ2n) is 8.93. The lowest BCUT2D eigenvalue weighted by Crippen LogP contribution is -2.50. The molecule has 166 valence electrons. The van der Waals surface area contributed by atoms with Gasteiger partial charge in [0, 0.05) is 67.7 Å². The Labute approximate surface area is 190 Å². The topological polar surface area (TPSA) is 39.7 Å². The average molecular weight is 439 g/mol. The molecule has 0 aliphatic carbocycles. The molecule has 5 nitrogen and oxygen atoms in total. The van der Waals surface area contributed by atoms with Crippen molar-refractivity contribution in [3.05, 3.63) is 54.2 Å². The highest BCUT2D eigenvalue weighted by Crippen LogP contribution is 2.25. The molecule has 1 aromatic heterocycles. The number of piperidine rings is 1. The Morgan fingerprint density at radius 1 is 1.06 bits per heavy atom. The van der Waals surface area contributed by atoms with Crippen molar-refractivity contribution < 1.29 is 4.79 Å². The van der Waals surface area contributed by atoms with E-state index in [2.05, 4.69) is 57.8 Å². The van der Waals surface area contributed by atoms with Gasteiger partial charge >= 0.3 is 0 Å². The summed E-state index contributed by atoms with van der Waals surface area (Å²) in [5, 5.41) is 0.551. The highest BCUT2D eigenvalue weighted by Gasteiger charge is 2.27. The molecule has 4 rings (SSSR count). The highest BCUT2D eigenvalue weighted by atomic mass is 32.2. The van der Waals surface area contributed by atoms with E-state index in [0.29, 0.717) is 11.2 Å². The Hall–Kier alpha value is -2.05. The van der Waals surface area contributed by atoms with Crippen molar-refractivity contribution in [2.24, 2.45) is 5.92 Å². The predicted octanol–water partition coefficient (Wildman–Crippen LogP) is 4.26. The van der Waals surface area contributed by atoms with E-state index in [-0.39, 0.29) is 5.91 Å². The molecule has 2 aliphatic rings. The van der Waals surface area contributed by atoms with Crippen LogP contribution in [0.25, 0.3) is 0 Å². The molecule has 2 saturated heterocycles. The van der Waals surface area contributed by atoms with E-state index in [4.69, 9.17) is 0 Å². The number of carbonyl (C=O) groups excluding carboxylic acids is 1. The summed E-state index contributed by atoms with van der Waals surface area (Å²) < 4.78 is 0. The van der Waals surface area contributed by atoms with Crippen LogP contribution in [0.3, 0.4) is 0 Å². The number of thioether (sulfide) groups is 1. The molecular formula is C25H34N4OS. The fourth-order valence-corrected chi connectivity index (χ4v) is 5.43. The first-order valence-corrected chi connectivity index (χ1v) is 12.4. The zero-order valence-electron chi connectivity index (χ0n) is 18.7. The van der Waals surface area contributed by atoms with E-state index in [9.17, 15) is 4.79 Å². The van der Waals surface area contributed by atoms with Crippen LogP contribution in [0.5, 0.6) is 0 Å². The van der Waals surface area contributed by atoms with Crippen LogP contribution < -0.4 is 4.90 Å². The number of anilines is 1. The molecule has 2 aromatic rings. The van der Waals surface area contributed by atoms with Gasteiger partial charge in [-0.3, -0.25) is 9.69 Å². The van der Waals surface area contributed by atoms with Crippen LogP contribution in [0.4, 0.5) is 5.82 Å². The smallest absolute Gasteiger partial charge is 0.253 e. The molecule has 1 atom stereocenters. The number of hydrogen-bond donors (Lipinski definition) is 0. The first-order chi connectivity index (χ1) is 15.1. The molecule has 1 amide bonds. The lowest BCUT2D eigenvalue weighted by atomic mass is 9.96. The maximum atomic E-state index is 13.1. The van der Waals surface area contributed by atoms with Gasteiger partial charge < -0.3 is 9.80 Å². The number of carbonyl (C=O) groups is 1. The molecule has 0 N–H and O–H groups in total. The lowest BCUT2D eigenvalue weighted by Gasteiger charge is -2.39. The summed E-state index contributed by atoms with van der Waals surface area (Å²) >= 11 is 1.84. The van der Waals surface area contributed by atoms with Crippen LogP contribution in [0.1, 0.15) is 37.0 Å². The van der Waals surface area contributed by atoms with Gasteiger partial charge in [-0.2, -0.15) is 0 Å². The zero-order chi connectivity index (χ0) is 21.6. The number of rotatable bonds is 6. The Morgan fingerprint density at radius 3 is 2.52 bits per heavy atom. The molecule has 3 heterocycles. The monoisotopic (exact) mass is 438 g/mol. The quantitative estimate of drug-likeness (QED) is 0.631. The molecule has 0 radical (unpaired) electrons. The second kappa shape index (κ2) is 10.5. The molecule has 6 heteroatoms. The van der Waals surface area contributed by atoms with Gasteiger partial charge in [0.05, 0.1) is 0 Å². The van der Waals surface area contributed by atoms with E-state index in [1.54, 1.807) is 0 Å². The van der Waals surface area contributed by atoms with E-state index in [0.717, 1.165) is 63.6 Å². The minimum absolute atomic E-state index is 0.186. The third kappa shape index (κ3) is 6.01. The molecule has 2 fully saturated rings. The first kappa shape index (κ1) is 22.2. The molecular weight excluding hydrogens is 404 g/mol. The molecule has 31 heavy (non-hydrogen) atoms. The zero-order valence-corrected chi connectivity index (χ0v) is 19.6. The summed E-state index contributed by atoms with van der Waals surface area (Å²) in [5.74, 6) is 1.83. The normalized spacial score (nSPS) is 20.3. The molecule has 1 unspecified atom stereocenters. The van der Waals surface area contributed by atoms with Gasteiger partial charge in [0.2, 0.25) is 0 Å². The summed E-state index contributed by atoms with van der Waals surface area (Å²) in [7, 11) is 0. The number of amides is 1. The minimum atomic E-state index is 0.186. The fraction of sp³-hybridized carbons (Fsp3) is 0.520. The molecule has 0 bridgehead atoms. The number of hydrogen-bond acceptors (Lipinski definition) is 5. The van der Waals surface area contributed by atoms with Gasteiger partial charge in [-0.25, -0.2) is 4.98 Å². The standard InChI is InChI=1S/C25H34N4OS/c1-20(2)31-23-10-8-22(9-11-23)25(30)29-13-5-6-21(19-29)18-27-14-16-28(17-15-27)24-7-3-4-12-26-24/h3-4,7-12,20-21H,5-6,13-19H2,1-2H3. The lowest BCUT2D eigenvalue weighted by molar-refractivity contribution is 0.0637. The van der Waals surface area contributed by atoms with E-state index in [1.807, 2.05) is 36.2 Å². The van der Waals surface area contributed by atoms with Crippen molar-refractivity contribution >= 4 is 23.5 Å². The van der Waals surface area contributed by atoms with Gasteiger partial charge in [-0.1, -0.05) is 19.9 Å². The molecule has 0 saturated carbocycles. The summed E-state index contributed by atoms with van der Waals surface area (Å²) in [6, 6.07) is 14.3. The van der Waals surface area contributed by atoms with E-state index < -0.39 is 0 Å². The Bertz CT molecular complexity index is 834. The summed E-state index contributed by atoms with van der Waals surface area (Å²) in [6.07, 6.45) is 4.19. The van der Waals surface area contributed by atoms with Crippen molar-refractivity contribution in [2.75, 3.05) is 50.7 Å². The van der Waals surface area contributed by atoms with Crippen molar-refractivity contribution in [2.45, 2.75) is 36.8 Å². The van der Waals surface area contributed by atoms with Crippen molar-refractivity contribution in [3.8, 4) is 0 Å². The average Bonchev–Trinajstić information content (AvgIpc) is 2.80. The Morgan fingerprint density at radius 2 is 1.84 bits per heavy atom. The van der Waals surface area contributed by atoms with E-state index >= 15 is 0 Å². The van der Waals surface area contributed by atoms with Crippen LogP contribution in [0.15, 0.2) is 53.6 Å². The summed E-state index contributed by atoms with van der Waals surface area (Å²) in [5.41, 5.74) is 0.817. The van der Waals surface area contributed by atoms with E-state index in [1.165, 1.54) is 11.3 Å². The largest absolute Gasteiger partial charge is 0.354 e. The SMILES string of the molecule is CC(C)Sc1ccc(C(=O)N2CCCC(CN3CCN(c4ccccn4)CC3)C2)cc1. The summed E-state index contributed by atoms with van der Waals surface area (Å²) in [6.45, 7) is 11.4. The number of pyridine rings is 1. The Balaban J connectivity index is 1.27. The number of aromatic nitrogens is 1. The fourth-order valence-electron chi connectivity index (χ4n) is 4.59. The molecule has 0 spiro atoms. The van der Waals surface area contributed by atoms with Gasteiger partial charge in [0.1, 0.15) is 5.82 Å². The second-order valence-corrected chi connectivity index (χ2v) is 10.6. The molecule has 2 aliphatic heterocycles. The van der Waals surface area contributed by atoms with Gasteiger partial charge in [0.25, 0.3) is 5.91 Å². The van der Waals surface area contributed by atoms with Crippen molar-refractivity contribution in [1.29, 1.82) is 0 Å². The maximum Gasteiger partial charge on any atom is 0.253 e. The van der Waals surface area contributed by atoms with Crippen molar-refractivity contribution in [1.82, 2.24) is 14.8 Å². The number of likely N-dealkylation sites (tertiary alicyclic amines) is 1. The maximum absolute atomic E-state index is 13.1. The Kier molecular flexibility index (Phi) is 7.51. The third-order valence-corrected chi connectivity index (χ3v) is 7.16. The third-order valence-electron chi connectivity index (χ3n) is 6.14. The van der Waals surface area contributed by atoms with Gasteiger partial charge in [-0.15, -0.1) is 11.8 Å². The summed E-state index contributed by atoms with van der Waals surface area (Å²) in [4.78, 5) is 25.8.